The van der Waals surface area contributed by atoms with E-state index in [2.05, 4.69) is 0 Å². The van der Waals surface area contributed by atoms with E-state index in [9.17, 15) is 9.90 Å². The molecule has 3 atom stereocenters. The summed E-state index contributed by atoms with van der Waals surface area (Å²) in [4.78, 5) is 11.9. The third kappa shape index (κ3) is 7.42. The second-order valence-electron chi connectivity index (χ2n) is 7.18. The fourth-order valence-electron chi connectivity index (χ4n) is 3.19. The zero-order valence-electron chi connectivity index (χ0n) is 17.4. The van der Waals surface area contributed by atoms with Crippen LogP contribution >= 0.6 is 0 Å². The van der Waals surface area contributed by atoms with E-state index < -0.39 is 18.3 Å². The van der Waals surface area contributed by atoms with Gasteiger partial charge in [-0.3, -0.25) is 0 Å². The van der Waals surface area contributed by atoms with Crippen LogP contribution in [0.3, 0.4) is 0 Å². The third-order valence-electron chi connectivity index (χ3n) is 4.88. The molecule has 0 saturated carbocycles. The molecule has 3 aromatic rings. The second-order valence-corrected chi connectivity index (χ2v) is 7.18. The Kier molecular flexibility index (Phi) is 9.41. The maximum Gasteiger partial charge on any atom is 0.151 e. The molecule has 0 spiro atoms. The quantitative estimate of drug-likeness (QED) is 0.425. The van der Waals surface area contributed by atoms with Gasteiger partial charge in [-0.05, 0) is 16.7 Å². The largest absolute Gasteiger partial charge is 0.394 e. The molecule has 3 rings (SSSR count). The van der Waals surface area contributed by atoms with Crippen LogP contribution in [0, 0.1) is 0 Å². The second kappa shape index (κ2) is 12.8. The first-order chi connectivity index (χ1) is 15.3. The molecule has 0 fully saturated rings. The number of carbonyl (C=O) groups is 1. The molecule has 0 amide bonds. The van der Waals surface area contributed by atoms with E-state index in [1.54, 1.807) is 0 Å². The van der Waals surface area contributed by atoms with Gasteiger partial charge >= 0.3 is 0 Å². The number of aliphatic hydroxyl groups excluding tert-OH is 1. The standard InChI is InChI=1S/C26H28O5/c27-16-24(29-18-21-10-4-1-5-11-21)26(31-20-23-14-8-3-9-15-23)25(17-28)30-19-22-12-6-2-7-13-22/h1-16,24-26,28H,17-20H2/t24-,25+,26-/m0/s1. The molecule has 0 aliphatic carbocycles. The van der Waals surface area contributed by atoms with Crippen LogP contribution in [0.1, 0.15) is 16.7 Å². The van der Waals surface area contributed by atoms with Crippen molar-refractivity contribution in [1.82, 2.24) is 0 Å². The van der Waals surface area contributed by atoms with Gasteiger partial charge in [0, 0.05) is 0 Å². The van der Waals surface area contributed by atoms with Crippen molar-refractivity contribution in [3.8, 4) is 0 Å². The molecule has 0 aliphatic rings. The first-order valence-electron chi connectivity index (χ1n) is 10.3. The average molecular weight is 421 g/mol. The van der Waals surface area contributed by atoms with Crippen LogP contribution < -0.4 is 0 Å². The summed E-state index contributed by atoms with van der Waals surface area (Å²) in [5.41, 5.74) is 2.87. The molecule has 5 nitrogen and oxygen atoms in total. The first-order valence-corrected chi connectivity index (χ1v) is 10.3. The summed E-state index contributed by atoms with van der Waals surface area (Å²) in [7, 11) is 0. The van der Waals surface area contributed by atoms with Crippen molar-refractivity contribution in [3.63, 3.8) is 0 Å². The number of aliphatic hydroxyl groups is 1. The van der Waals surface area contributed by atoms with Crippen molar-refractivity contribution < 1.29 is 24.1 Å². The van der Waals surface area contributed by atoms with Crippen LogP contribution in [-0.4, -0.2) is 36.3 Å². The van der Waals surface area contributed by atoms with Crippen molar-refractivity contribution in [1.29, 1.82) is 0 Å². The molecule has 0 unspecified atom stereocenters. The summed E-state index contributed by atoms with van der Waals surface area (Å²) in [6.07, 6.45) is -1.67. The summed E-state index contributed by atoms with van der Waals surface area (Å²) in [5.74, 6) is 0. The summed E-state index contributed by atoms with van der Waals surface area (Å²) in [6, 6.07) is 28.9. The zero-order chi connectivity index (χ0) is 21.7. The predicted molar refractivity (Wildman–Crippen MR) is 118 cm³/mol. The Morgan fingerprint density at radius 3 is 1.48 bits per heavy atom. The number of rotatable bonds is 13. The van der Waals surface area contributed by atoms with Crippen LogP contribution in [0.5, 0.6) is 0 Å². The van der Waals surface area contributed by atoms with Crippen molar-refractivity contribution in [2.24, 2.45) is 0 Å². The van der Waals surface area contributed by atoms with E-state index in [0.717, 1.165) is 16.7 Å². The molecule has 0 aliphatic heterocycles. The lowest BCUT2D eigenvalue weighted by Gasteiger charge is -2.30. The van der Waals surface area contributed by atoms with Gasteiger partial charge in [0.25, 0.3) is 0 Å². The SMILES string of the molecule is O=C[C@H](OCc1ccccc1)[C@H](OCc1ccccc1)[C@@H](CO)OCc1ccccc1. The van der Waals surface area contributed by atoms with E-state index in [0.29, 0.717) is 12.9 Å². The minimum Gasteiger partial charge on any atom is -0.394 e. The van der Waals surface area contributed by atoms with Crippen molar-refractivity contribution >= 4 is 6.29 Å². The Morgan fingerprint density at radius 1 is 0.645 bits per heavy atom. The summed E-state index contributed by atoms with van der Waals surface area (Å²) in [6.45, 7) is 0.523. The van der Waals surface area contributed by atoms with Gasteiger partial charge in [0.05, 0.1) is 26.4 Å². The lowest BCUT2D eigenvalue weighted by molar-refractivity contribution is -0.165. The number of hydrogen-bond donors (Lipinski definition) is 1. The number of aldehydes is 1. The van der Waals surface area contributed by atoms with Crippen molar-refractivity contribution in [3.05, 3.63) is 108 Å². The maximum absolute atomic E-state index is 11.9. The zero-order valence-corrected chi connectivity index (χ0v) is 17.4. The van der Waals surface area contributed by atoms with Crippen molar-refractivity contribution in [2.75, 3.05) is 6.61 Å². The third-order valence-corrected chi connectivity index (χ3v) is 4.88. The smallest absolute Gasteiger partial charge is 0.151 e. The summed E-state index contributed by atoms with van der Waals surface area (Å²) < 4.78 is 17.9. The van der Waals surface area contributed by atoms with Crippen LogP contribution in [0.15, 0.2) is 91.0 Å². The van der Waals surface area contributed by atoms with E-state index in [1.807, 2.05) is 91.0 Å². The Hall–Kier alpha value is -2.83. The fraction of sp³-hybridized carbons (Fsp3) is 0.269. The van der Waals surface area contributed by atoms with Crippen molar-refractivity contribution in [2.45, 2.75) is 38.1 Å². The minimum atomic E-state index is -0.892. The topological polar surface area (TPSA) is 65.0 Å². The number of ether oxygens (including phenoxy) is 3. The highest BCUT2D eigenvalue weighted by atomic mass is 16.6. The molecule has 3 aromatic carbocycles. The Morgan fingerprint density at radius 2 is 1.06 bits per heavy atom. The van der Waals surface area contributed by atoms with Gasteiger partial charge in [-0.25, -0.2) is 0 Å². The fourth-order valence-corrected chi connectivity index (χ4v) is 3.19. The van der Waals surface area contributed by atoms with Crippen LogP contribution in [0.4, 0.5) is 0 Å². The molecule has 0 radical (unpaired) electrons. The molecule has 162 valence electrons. The Balaban J connectivity index is 1.71. The lowest BCUT2D eigenvalue weighted by atomic mass is 10.1. The lowest BCUT2D eigenvalue weighted by Crippen LogP contribution is -2.45. The highest BCUT2D eigenvalue weighted by Gasteiger charge is 2.32. The highest BCUT2D eigenvalue weighted by molar-refractivity contribution is 5.57. The number of hydrogen-bond acceptors (Lipinski definition) is 5. The van der Waals surface area contributed by atoms with E-state index >= 15 is 0 Å². The van der Waals surface area contributed by atoms with Gasteiger partial charge in [0.1, 0.15) is 18.3 Å². The van der Waals surface area contributed by atoms with Gasteiger partial charge in [-0.1, -0.05) is 91.0 Å². The maximum atomic E-state index is 11.9. The normalized spacial score (nSPS) is 14.0. The molecule has 1 N–H and O–H groups in total. The molecule has 0 heterocycles. The monoisotopic (exact) mass is 420 g/mol. The average Bonchev–Trinajstić information content (AvgIpc) is 2.84. The van der Waals surface area contributed by atoms with Crippen LogP contribution in [0.25, 0.3) is 0 Å². The van der Waals surface area contributed by atoms with E-state index in [-0.39, 0.29) is 19.8 Å². The Labute approximate surface area is 183 Å². The summed E-state index contributed by atoms with van der Waals surface area (Å²) >= 11 is 0. The number of carbonyl (C=O) groups excluding carboxylic acids is 1. The van der Waals surface area contributed by atoms with Crippen LogP contribution in [-0.2, 0) is 38.8 Å². The van der Waals surface area contributed by atoms with Gasteiger partial charge in [0.2, 0.25) is 0 Å². The minimum absolute atomic E-state index is 0.256. The summed E-state index contributed by atoms with van der Waals surface area (Å²) in [5, 5.41) is 10.0. The van der Waals surface area contributed by atoms with Gasteiger partial charge in [0.15, 0.2) is 6.29 Å². The van der Waals surface area contributed by atoms with Gasteiger partial charge in [-0.15, -0.1) is 0 Å². The Bertz CT molecular complexity index is 870. The molecular weight excluding hydrogens is 392 g/mol. The molecule has 0 aromatic heterocycles. The molecule has 31 heavy (non-hydrogen) atoms. The van der Waals surface area contributed by atoms with E-state index in [1.165, 1.54) is 0 Å². The van der Waals surface area contributed by atoms with Crippen LogP contribution in [0.2, 0.25) is 0 Å². The highest BCUT2D eigenvalue weighted by Crippen LogP contribution is 2.17. The molecular formula is C26H28O5. The first kappa shape index (κ1) is 22.8. The van der Waals surface area contributed by atoms with Gasteiger partial charge in [-0.2, -0.15) is 0 Å². The van der Waals surface area contributed by atoms with E-state index in [4.69, 9.17) is 14.2 Å². The predicted octanol–water partition coefficient (Wildman–Crippen LogP) is 3.93. The molecule has 0 bridgehead atoms. The molecule has 5 heteroatoms. The van der Waals surface area contributed by atoms with Gasteiger partial charge < -0.3 is 24.1 Å². The molecule has 0 saturated heterocycles. The number of benzene rings is 3.